The number of hydrogen-bond acceptors (Lipinski definition) is 7. The average molecular weight is 502 g/mol. The Bertz CT molecular complexity index is 1190. The first kappa shape index (κ1) is 22.8. The van der Waals surface area contributed by atoms with Gasteiger partial charge in [-0.15, -0.1) is 0 Å². The Kier molecular flexibility index (Phi) is 6.01. The molecule has 2 saturated heterocycles. The van der Waals surface area contributed by atoms with Crippen LogP contribution in [0.3, 0.4) is 0 Å². The van der Waals surface area contributed by atoms with Gasteiger partial charge in [-0.2, -0.15) is 0 Å². The van der Waals surface area contributed by atoms with Gasteiger partial charge < -0.3 is 4.90 Å². The van der Waals surface area contributed by atoms with Crippen molar-refractivity contribution >= 4 is 52.5 Å². The third-order valence-corrected chi connectivity index (χ3v) is 7.01. The van der Waals surface area contributed by atoms with E-state index in [1.807, 2.05) is 6.07 Å². The van der Waals surface area contributed by atoms with E-state index in [0.29, 0.717) is 22.3 Å². The first-order chi connectivity index (χ1) is 16.3. The maximum absolute atomic E-state index is 13.0. The Morgan fingerprint density at radius 3 is 2.41 bits per heavy atom. The Morgan fingerprint density at radius 2 is 1.71 bits per heavy atom. The number of carbonyl (C=O) groups excluding carboxylic acids is 4. The van der Waals surface area contributed by atoms with E-state index in [4.69, 9.17) is 23.2 Å². The number of pyridine rings is 1. The van der Waals surface area contributed by atoms with Crippen molar-refractivity contribution in [2.45, 2.75) is 25.4 Å². The van der Waals surface area contributed by atoms with Gasteiger partial charge in [0.05, 0.1) is 21.8 Å². The molecule has 2 fully saturated rings. The minimum absolute atomic E-state index is 0.0938. The van der Waals surface area contributed by atoms with Crippen LogP contribution in [0.15, 0.2) is 30.5 Å². The van der Waals surface area contributed by atoms with Gasteiger partial charge in [0.2, 0.25) is 11.8 Å². The Labute approximate surface area is 205 Å². The van der Waals surface area contributed by atoms with E-state index in [1.165, 1.54) is 0 Å². The number of piperidine rings is 1. The van der Waals surface area contributed by atoms with E-state index in [-0.39, 0.29) is 18.4 Å². The molecule has 9 nitrogen and oxygen atoms in total. The maximum atomic E-state index is 13.0. The lowest BCUT2D eigenvalue weighted by Crippen LogP contribution is -2.54. The zero-order chi connectivity index (χ0) is 24.0. The summed E-state index contributed by atoms with van der Waals surface area (Å²) < 4.78 is 0. The smallest absolute Gasteiger partial charge is 0.262 e. The monoisotopic (exact) mass is 501 g/mol. The van der Waals surface area contributed by atoms with Crippen LogP contribution in [0.25, 0.3) is 0 Å². The molecule has 4 heterocycles. The molecule has 1 unspecified atom stereocenters. The third kappa shape index (κ3) is 4.04. The molecule has 3 aliphatic rings. The first-order valence-electron chi connectivity index (χ1n) is 11.0. The fourth-order valence-corrected chi connectivity index (χ4v) is 5.28. The van der Waals surface area contributed by atoms with Crippen molar-refractivity contribution in [2.24, 2.45) is 0 Å². The predicted octanol–water partition coefficient (Wildman–Crippen LogP) is 2.11. The lowest BCUT2D eigenvalue weighted by Gasteiger charge is -2.36. The Balaban J connectivity index is 1.26. The van der Waals surface area contributed by atoms with E-state index in [1.54, 1.807) is 24.4 Å². The second kappa shape index (κ2) is 8.98. The quantitative estimate of drug-likeness (QED) is 0.505. The van der Waals surface area contributed by atoms with Crippen LogP contribution in [0, 0.1) is 0 Å². The summed E-state index contributed by atoms with van der Waals surface area (Å²) in [5, 5.41) is 3.15. The fraction of sp³-hybridized carbons (Fsp3) is 0.348. The highest BCUT2D eigenvalue weighted by Gasteiger charge is 2.44. The maximum Gasteiger partial charge on any atom is 0.262 e. The van der Waals surface area contributed by atoms with Gasteiger partial charge in [-0.1, -0.05) is 29.3 Å². The minimum atomic E-state index is -0.965. The SMILES string of the molecule is O=C1CCC(N2C(=O)c3ccc(CN4CCN(c5c(Cl)ccnc5Cl)CC4)cc3C2=O)C(=O)N1. The molecule has 3 aliphatic heterocycles. The normalized spacial score (nSPS) is 21.2. The average Bonchev–Trinajstić information content (AvgIpc) is 3.05. The topological polar surface area (TPSA) is 103 Å². The number of nitrogens with one attached hydrogen (secondary N) is 1. The van der Waals surface area contributed by atoms with Crippen LogP contribution in [0.5, 0.6) is 0 Å². The highest BCUT2D eigenvalue weighted by Crippen LogP contribution is 2.33. The number of imide groups is 2. The number of piperazine rings is 1. The molecular weight excluding hydrogens is 481 g/mol. The number of hydrogen-bond donors (Lipinski definition) is 1. The van der Waals surface area contributed by atoms with E-state index < -0.39 is 29.7 Å². The van der Waals surface area contributed by atoms with Gasteiger partial charge in [0, 0.05) is 45.3 Å². The van der Waals surface area contributed by atoms with Crippen LogP contribution >= 0.6 is 23.2 Å². The van der Waals surface area contributed by atoms with Crippen molar-refractivity contribution in [3.63, 3.8) is 0 Å². The molecule has 1 aromatic heterocycles. The summed E-state index contributed by atoms with van der Waals surface area (Å²) in [6.07, 6.45) is 1.81. The molecule has 4 amide bonds. The second-order valence-corrected chi connectivity index (χ2v) is 9.29. The molecule has 0 spiro atoms. The molecule has 0 radical (unpaired) electrons. The van der Waals surface area contributed by atoms with Gasteiger partial charge in [-0.25, -0.2) is 4.98 Å². The molecule has 1 aromatic carbocycles. The minimum Gasteiger partial charge on any atom is -0.365 e. The third-order valence-electron chi connectivity index (χ3n) is 6.43. The summed E-state index contributed by atoms with van der Waals surface area (Å²) in [5.74, 6) is -2.01. The second-order valence-electron chi connectivity index (χ2n) is 8.52. The van der Waals surface area contributed by atoms with Crippen molar-refractivity contribution in [3.05, 3.63) is 57.3 Å². The standard InChI is InChI=1S/C23H21Cl2N5O4/c24-16-5-6-26-20(25)19(16)29-9-7-28(8-10-29)12-13-1-2-14-15(11-13)23(34)30(22(14)33)17-3-4-18(31)27-21(17)32/h1-2,5-6,11,17H,3-4,7-10,12H2,(H,27,31,32). The molecule has 1 atom stereocenters. The van der Waals surface area contributed by atoms with Crippen LogP contribution < -0.4 is 10.2 Å². The van der Waals surface area contributed by atoms with Gasteiger partial charge in [-0.05, 0) is 30.2 Å². The van der Waals surface area contributed by atoms with E-state index >= 15 is 0 Å². The van der Waals surface area contributed by atoms with Gasteiger partial charge in [-0.3, -0.25) is 34.3 Å². The van der Waals surface area contributed by atoms with Crippen LogP contribution in [0.4, 0.5) is 5.69 Å². The molecule has 1 N–H and O–H groups in total. The summed E-state index contributed by atoms with van der Waals surface area (Å²) in [6.45, 7) is 3.56. The summed E-state index contributed by atoms with van der Waals surface area (Å²) in [6, 6.07) is 5.95. The Hall–Kier alpha value is -3.01. The summed E-state index contributed by atoms with van der Waals surface area (Å²) in [5.41, 5.74) is 2.21. The van der Waals surface area contributed by atoms with Crippen LogP contribution in [-0.2, 0) is 16.1 Å². The highest BCUT2D eigenvalue weighted by molar-refractivity contribution is 6.38. The molecule has 5 rings (SSSR count). The molecule has 2 aromatic rings. The van der Waals surface area contributed by atoms with E-state index in [2.05, 4.69) is 20.1 Å². The van der Waals surface area contributed by atoms with Crippen LogP contribution in [0.1, 0.15) is 39.1 Å². The zero-order valence-corrected chi connectivity index (χ0v) is 19.6. The van der Waals surface area contributed by atoms with Crippen LogP contribution in [0.2, 0.25) is 10.2 Å². The van der Waals surface area contributed by atoms with E-state index in [0.717, 1.165) is 42.3 Å². The predicted molar refractivity (Wildman–Crippen MR) is 125 cm³/mol. The number of anilines is 1. The van der Waals surface area contributed by atoms with Gasteiger partial charge in [0.1, 0.15) is 6.04 Å². The number of benzene rings is 1. The van der Waals surface area contributed by atoms with Crippen molar-refractivity contribution < 1.29 is 19.2 Å². The van der Waals surface area contributed by atoms with Crippen molar-refractivity contribution in [3.8, 4) is 0 Å². The summed E-state index contributed by atoms with van der Waals surface area (Å²) >= 11 is 12.5. The van der Waals surface area contributed by atoms with Gasteiger partial charge in [0.25, 0.3) is 11.8 Å². The number of fused-ring (bicyclic) bond motifs is 1. The number of amides is 4. The molecule has 11 heteroatoms. The Morgan fingerprint density at radius 1 is 0.971 bits per heavy atom. The number of halogens is 2. The van der Waals surface area contributed by atoms with Gasteiger partial charge >= 0.3 is 0 Å². The zero-order valence-electron chi connectivity index (χ0n) is 18.1. The molecule has 0 saturated carbocycles. The molecule has 0 aliphatic carbocycles. The lowest BCUT2D eigenvalue weighted by molar-refractivity contribution is -0.136. The van der Waals surface area contributed by atoms with Crippen LogP contribution in [-0.4, -0.2) is 70.6 Å². The molecular formula is C23H21Cl2N5O4. The number of carbonyl (C=O) groups is 4. The number of aromatic nitrogens is 1. The highest BCUT2D eigenvalue weighted by atomic mass is 35.5. The number of nitrogens with zero attached hydrogens (tertiary/aromatic N) is 4. The van der Waals surface area contributed by atoms with E-state index in [9.17, 15) is 19.2 Å². The lowest BCUT2D eigenvalue weighted by atomic mass is 10.0. The van der Waals surface area contributed by atoms with Crippen molar-refractivity contribution in [1.82, 2.24) is 20.1 Å². The van der Waals surface area contributed by atoms with Gasteiger partial charge in [0.15, 0.2) is 5.15 Å². The molecule has 34 heavy (non-hydrogen) atoms. The van der Waals surface area contributed by atoms with Crippen molar-refractivity contribution in [1.29, 1.82) is 0 Å². The largest absolute Gasteiger partial charge is 0.365 e. The summed E-state index contributed by atoms with van der Waals surface area (Å²) in [4.78, 5) is 59.0. The number of rotatable bonds is 4. The molecule has 0 bridgehead atoms. The fourth-order valence-electron chi connectivity index (χ4n) is 4.69. The molecule has 176 valence electrons. The summed E-state index contributed by atoms with van der Waals surface area (Å²) in [7, 11) is 0. The van der Waals surface area contributed by atoms with Crippen molar-refractivity contribution in [2.75, 3.05) is 31.1 Å². The first-order valence-corrected chi connectivity index (χ1v) is 11.7.